The second-order valence-corrected chi connectivity index (χ2v) is 7.96. The summed E-state index contributed by atoms with van der Waals surface area (Å²) in [4.78, 5) is 47.9. The number of ether oxygens (including phenoxy) is 3. The van der Waals surface area contributed by atoms with E-state index in [1.807, 2.05) is 6.92 Å². The summed E-state index contributed by atoms with van der Waals surface area (Å²) < 4.78 is 15.2. The fourth-order valence-corrected chi connectivity index (χ4v) is 3.05. The molecule has 0 bridgehead atoms. The van der Waals surface area contributed by atoms with Crippen molar-refractivity contribution in [2.75, 3.05) is 31.0 Å². The minimum absolute atomic E-state index is 0.0241. The Hall–Kier alpha value is -3.59. The van der Waals surface area contributed by atoms with E-state index in [9.17, 15) is 19.2 Å². The first kappa shape index (κ1) is 27.7. The van der Waals surface area contributed by atoms with Gasteiger partial charge in [0.05, 0.1) is 25.0 Å². The molecule has 2 aromatic carbocycles. The number of hydrogen-bond donors (Lipinski definition) is 2. The molecule has 0 aliphatic heterocycles. The Morgan fingerprint density at radius 1 is 0.886 bits per heavy atom. The van der Waals surface area contributed by atoms with Gasteiger partial charge in [-0.15, -0.1) is 0 Å². The molecule has 0 heterocycles. The average molecular weight is 505 g/mol. The monoisotopic (exact) mass is 504 g/mol. The van der Waals surface area contributed by atoms with Crippen LogP contribution in [-0.2, 0) is 23.9 Å². The van der Waals surface area contributed by atoms with E-state index in [4.69, 9.17) is 25.8 Å². The van der Waals surface area contributed by atoms with E-state index in [0.29, 0.717) is 34.3 Å². The molecule has 188 valence electrons. The molecule has 2 aromatic rings. The number of halogens is 1. The van der Waals surface area contributed by atoms with Crippen molar-refractivity contribution < 1.29 is 33.4 Å². The van der Waals surface area contributed by atoms with Crippen LogP contribution >= 0.6 is 11.6 Å². The third kappa shape index (κ3) is 10.1. The van der Waals surface area contributed by atoms with Crippen molar-refractivity contribution in [1.82, 2.24) is 0 Å². The molecule has 35 heavy (non-hydrogen) atoms. The average Bonchev–Trinajstić information content (AvgIpc) is 2.83. The summed E-state index contributed by atoms with van der Waals surface area (Å²) in [6, 6.07) is 11.1. The minimum atomic E-state index is -0.600. The van der Waals surface area contributed by atoms with E-state index in [2.05, 4.69) is 10.6 Å². The molecule has 0 saturated heterocycles. The van der Waals surface area contributed by atoms with E-state index in [-0.39, 0.29) is 25.2 Å². The van der Waals surface area contributed by atoms with Crippen LogP contribution in [0.4, 0.5) is 11.4 Å². The zero-order valence-electron chi connectivity index (χ0n) is 19.7. The lowest BCUT2D eigenvalue weighted by Gasteiger charge is -2.11. The number of unbranched alkanes of at least 4 members (excludes halogenated alkanes) is 1. The second kappa shape index (κ2) is 14.6. The molecule has 2 amide bonds. The van der Waals surface area contributed by atoms with E-state index in [1.54, 1.807) is 36.4 Å². The Labute approximate surface area is 209 Å². The van der Waals surface area contributed by atoms with Crippen molar-refractivity contribution >= 4 is 46.7 Å². The van der Waals surface area contributed by atoms with Gasteiger partial charge in [0.15, 0.2) is 6.61 Å². The molecule has 0 unspecified atom stereocenters. The van der Waals surface area contributed by atoms with Crippen molar-refractivity contribution in [3.8, 4) is 5.75 Å². The van der Waals surface area contributed by atoms with E-state index >= 15 is 0 Å². The number of esters is 2. The predicted molar refractivity (Wildman–Crippen MR) is 132 cm³/mol. The first-order valence-corrected chi connectivity index (χ1v) is 11.6. The number of amides is 2. The van der Waals surface area contributed by atoms with Gasteiger partial charge in [-0.1, -0.05) is 24.9 Å². The Bertz CT molecular complexity index is 1020. The third-order valence-electron chi connectivity index (χ3n) is 4.72. The Morgan fingerprint density at radius 3 is 2.31 bits per heavy atom. The highest BCUT2D eigenvalue weighted by molar-refractivity contribution is 6.31. The van der Waals surface area contributed by atoms with Gasteiger partial charge in [-0.3, -0.25) is 14.4 Å². The lowest BCUT2D eigenvalue weighted by Crippen LogP contribution is -2.21. The van der Waals surface area contributed by atoms with E-state index in [1.165, 1.54) is 13.2 Å². The molecule has 0 aromatic heterocycles. The van der Waals surface area contributed by atoms with E-state index in [0.717, 1.165) is 12.8 Å². The lowest BCUT2D eigenvalue weighted by atomic mass is 10.2. The molecular formula is C25H29ClN2O7. The van der Waals surface area contributed by atoms with Crippen molar-refractivity contribution in [2.24, 2.45) is 0 Å². The molecule has 0 atom stereocenters. The first-order valence-electron chi connectivity index (χ1n) is 11.2. The number of anilines is 2. The van der Waals surface area contributed by atoms with Gasteiger partial charge in [0.2, 0.25) is 5.91 Å². The third-order valence-corrected chi connectivity index (χ3v) is 4.96. The number of carbonyl (C=O) groups excluding carboxylic acids is 4. The zero-order chi connectivity index (χ0) is 25.6. The fourth-order valence-electron chi connectivity index (χ4n) is 2.88. The van der Waals surface area contributed by atoms with Gasteiger partial charge < -0.3 is 24.8 Å². The highest BCUT2D eigenvalue weighted by Crippen LogP contribution is 2.27. The molecule has 0 aliphatic carbocycles. The van der Waals surface area contributed by atoms with Crippen LogP contribution in [0.5, 0.6) is 5.75 Å². The molecule has 0 fully saturated rings. The lowest BCUT2D eigenvalue weighted by molar-refractivity contribution is -0.147. The fraction of sp³-hybridized carbons (Fsp3) is 0.360. The van der Waals surface area contributed by atoms with E-state index < -0.39 is 24.5 Å². The maximum Gasteiger partial charge on any atom is 0.338 e. The van der Waals surface area contributed by atoms with Gasteiger partial charge in [0.1, 0.15) is 5.75 Å². The number of benzene rings is 2. The molecule has 2 rings (SSSR count). The van der Waals surface area contributed by atoms with Crippen LogP contribution in [0, 0.1) is 0 Å². The minimum Gasteiger partial charge on any atom is -0.495 e. The van der Waals surface area contributed by atoms with Crippen molar-refractivity contribution in [3.05, 3.63) is 53.1 Å². The molecule has 2 N–H and O–H groups in total. The van der Waals surface area contributed by atoms with Gasteiger partial charge in [0.25, 0.3) is 5.91 Å². The van der Waals surface area contributed by atoms with Crippen LogP contribution < -0.4 is 15.4 Å². The van der Waals surface area contributed by atoms with Crippen LogP contribution in [-0.4, -0.2) is 44.1 Å². The quantitative estimate of drug-likeness (QED) is 0.302. The SMILES string of the molecule is CCCCOC(=O)c1ccc(NC(=O)CCCC(=O)OCC(=O)Nc2cc(Cl)ccc2OC)cc1. The van der Waals surface area contributed by atoms with Gasteiger partial charge >= 0.3 is 11.9 Å². The number of hydrogen-bond acceptors (Lipinski definition) is 7. The summed E-state index contributed by atoms with van der Waals surface area (Å²) in [5.41, 5.74) is 1.29. The molecule has 9 nitrogen and oxygen atoms in total. The number of methoxy groups -OCH3 is 1. The summed E-state index contributed by atoms with van der Waals surface area (Å²) in [5, 5.41) is 5.68. The van der Waals surface area contributed by atoms with Crippen molar-refractivity contribution in [1.29, 1.82) is 0 Å². The molecule has 0 spiro atoms. The smallest absolute Gasteiger partial charge is 0.338 e. The van der Waals surface area contributed by atoms with Gasteiger partial charge in [-0.25, -0.2) is 4.79 Å². The Morgan fingerprint density at radius 2 is 1.63 bits per heavy atom. The number of rotatable bonds is 13. The molecule has 0 aliphatic rings. The van der Waals surface area contributed by atoms with Crippen LogP contribution in [0.1, 0.15) is 49.4 Å². The maximum atomic E-state index is 12.1. The largest absolute Gasteiger partial charge is 0.495 e. The first-order chi connectivity index (χ1) is 16.8. The Kier molecular flexibility index (Phi) is 11.6. The van der Waals surface area contributed by atoms with Crippen LogP contribution in [0.15, 0.2) is 42.5 Å². The Balaban J connectivity index is 1.67. The predicted octanol–water partition coefficient (Wildman–Crippen LogP) is 4.60. The standard InChI is InChI=1S/C25H29ClN2O7/c1-3-4-14-34-25(32)17-8-11-19(12-9-17)27-22(29)6-5-7-24(31)35-16-23(30)28-20-15-18(26)10-13-21(20)33-2/h8-13,15H,3-7,14,16H2,1-2H3,(H,27,29)(H,28,30). The van der Waals surface area contributed by atoms with Gasteiger partial charge in [-0.2, -0.15) is 0 Å². The highest BCUT2D eigenvalue weighted by atomic mass is 35.5. The van der Waals surface area contributed by atoms with Crippen molar-refractivity contribution in [2.45, 2.75) is 39.0 Å². The van der Waals surface area contributed by atoms with Gasteiger partial charge in [0, 0.05) is 23.6 Å². The summed E-state index contributed by atoms with van der Waals surface area (Å²) in [6.45, 7) is 1.90. The summed E-state index contributed by atoms with van der Waals surface area (Å²) >= 11 is 5.92. The molecule has 10 heteroatoms. The number of nitrogens with one attached hydrogen (secondary N) is 2. The van der Waals surface area contributed by atoms with Crippen LogP contribution in [0.25, 0.3) is 0 Å². The summed E-state index contributed by atoms with van der Waals surface area (Å²) in [7, 11) is 1.45. The maximum absolute atomic E-state index is 12.1. The highest BCUT2D eigenvalue weighted by Gasteiger charge is 2.12. The topological polar surface area (TPSA) is 120 Å². The molecule has 0 saturated carbocycles. The summed E-state index contributed by atoms with van der Waals surface area (Å²) in [6.07, 6.45) is 2.05. The molecule has 0 radical (unpaired) electrons. The molecular weight excluding hydrogens is 476 g/mol. The van der Waals surface area contributed by atoms with Crippen LogP contribution in [0.3, 0.4) is 0 Å². The van der Waals surface area contributed by atoms with Crippen LogP contribution in [0.2, 0.25) is 5.02 Å². The van der Waals surface area contributed by atoms with Crippen molar-refractivity contribution in [3.63, 3.8) is 0 Å². The zero-order valence-corrected chi connectivity index (χ0v) is 20.5. The second-order valence-electron chi connectivity index (χ2n) is 7.52. The van der Waals surface area contributed by atoms with Gasteiger partial charge in [-0.05, 0) is 55.3 Å². The number of carbonyl (C=O) groups is 4. The summed E-state index contributed by atoms with van der Waals surface area (Å²) in [5.74, 6) is -1.43. The normalized spacial score (nSPS) is 10.3.